The second-order valence-electron chi connectivity index (χ2n) is 5.68. The molecule has 0 saturated heterocycles. The maximum Gasteiger partial charge on any atom is 0.243 e. The number of hydrogen-bond donors (Lipinski definition) is 0. The van der Waals surface area contributed by atoms with Crippen molar-refractivity contribution in [2.24, 2.45) is 0 Å². The van der Waals surface area contributed by atoms with Gasteiger partial charge in [-0.3, -0.25) is 0 Å². The number of aromatic nitrogens is 2. The molecule has 9 heteroatoms. The van der Waals surface area contributed by atoms with Crippen LogP contribution in [-0.4, -0.2) is 43.3 Å². The van der Waals surface area contributed by atoms with Gasteiger partial charge in [0.05, 0.1) is 18.6 Å². The Morgan fingerprint density at radius 3 is 2.59 bits per heavy atom. The summed E-state index contributed by atoms with van der Waals surface area (Å²) < 4.78 is 37.0. The molecule has 27 heavy (non-hydrogen) atoms. The van der Waals surface area contributed by atoms with Gasteiger partial charge >= 0.3 is 0 Å². The highest BCUT2D eigenvalue weighted by Crippen LogP contribution is 2.23. The summed E-state index contributed by atoms with van der Waals surface area (Å²) in [6.07, 6.45) is 1.94. The topological polar surface area (TPSA) is 85.5 Å². The lowest BCUT2D eigenvalue weighted by Crippen LogP contribution is -2.26. The molecule has 0 N–H and O–H groups in total. The number of methoxy groups -OCH3 is 1. The molecule has 0 amide bonds. The lowest BCUT2D eigenvalue weighted by molar-refractivity contribution is 0.336. The molecule has 0 fully saturated rings. The van der Waals surface area contributed by atoms with Crippen LogP contribution < -0.4 is 4.74 Å². The highest BCUT2D eigenvalue weighted by molar-refractivity contribution is 7.98. The fourth-order valence-electron chi connectivity index (χ4n) is 2.40. The van der Waals surface area contributed by atoms with Crippen LogP contribution in [-0.2, 0) is 16.6 Å². The minimum Gasteiger partial charge on any atom is -0.497 e. The summed E-state index contributed by atoms with van der Waals surface area (Å²) in [4.78, 5) is 5.50. The smallest absolute Gasteiger partial charge is 0.243 e. The van der Waals surface area contributed by atoms with E-state index in [-0.39, 0.29) is 17.3 Å². The highest BCUT2D eigenvalue weighted by atomic mass is 32.2. The second kappa shape index (κ2) is 8.12. The van der Waals surface area contributed by atoms with Crippen molar-refractivity contribution in [3.8, 4) is 17.1 Å². The van der Waals surface area contributed by atoms with Gasteiger partial charge in [0.1, 0.15) is 5.75 Å². The van der Waals surface area contributed by atoms with E-state index in [2.05, 4.69) is 10.1 Å². The van der Waals surface area contributed by atoms with Crippen LogP contribution in [0.1, 0.15) is 5.89 Å². The van der Waals surface area contributed by atoms with Crippen LogP contribution in [0.4, 0.5) is 0 Å². The van der Waals surface area contributed by atoms with Gasteiger partial charge in [0, 0.05) is 17.5 Å². The number of rotatable bonds is 7. The molecule has 0 aliphatic carbocycles. The number of ether oxygens (including phenoxy) is 1. The third-order valence-electron chi connectivity index (χ3n) is 3.92. The Hall–Kier alpha value is -2.36. The van der Waals surface area contributed by atoms with Gasteiger partial charge in [-0.25, -0.2) is 8.42 Å². The van der Waals surface area contributed by atoms with Crippen molar-refractivity contribution in [3.05, 3.63) is 54.4 Å². The summed E-state index contributed by atoms with van der Waals surface area (Å²) in [5.74, 6) is 1.26. The lowest BCUT2D eigenvalue weighted by Gasteiger charge is -2.15. The van der Waals surface area contributed by atoms with Gasteiger partial charge in [-0.15, -0.1) is 11.8 Å². The minimum atomic E-state index is -3.65. The van der Waals surface area contributed by atoms with Crippen LogP contribution in [0.25, 0.3) is 11.4 Å². The van der Waals surface area contributed by atoms with Crippen LogP contribution in [0.2, 0.25) is 0 Å². The van der Waals surface area contributed by atoms with E-state index in [1.165, 1.54) is 11.4 Å². The third kappa shape index (κ3) is 4.32. The Morgan fingerprint density at radius 2 is 1.93 bits per heavy atom. The zero-order valence-electron chi connectivity index (χ0n) is 15.1. The zero-order valence-corrected chi connectivity index (χ0v) is 16.8. The first-order chi connectivity index (χ1) is 12.9. The Bertz CT molecular complexity index is 1020. The zero-order chi connectivity index (χ0) is 19.4. The summed E-state index contributed by atoms with van der Waals surface area (Å²) in [6.45, 7) is -0.0242. The first-order valence-electron chi connectivity index (χ1n) is 8.01. The molecule has 1 heterocycles. The molecule has 142 valence electrons. The van der Waals surface area contributed by atoms with Crippen LogP contribution >= 0.6 is 11.8 Å². The molecular weight excluding hydrogens is 386 g/mol. The molecule has 3 rings (SSSR count). The average molecular weight is 406 g/mol. The third-order valence-corrected chi connectivity index (χ3v) is 6.48. The number of benzene rings is 2. The number of hydrogen-bond acceptors (Lipinski definition) is 7. The molecule has 7 nitrogen and oxygen atoms in total. The summed E-state index contributed by atoms with van der Waals surface area (Å²) >= 11 is 1.55. The molecule has 1 aromatic heterocycles. The van der Waals surface area contributed by atoms with Crippen molar-refractivity contribution >= 4 is 21.8 Å². The van der Waals surface area contributed by atoms with Crippen LogP contribution in [0.3, 0.4) is 0 Å². The monoisotopic (exact) mass is 405 g/mol. The van der Waals surface area contributed by atoms with Gasteiger partial charge in [0.15, 0.2) is 0 Å². The van der Waals surface area contributed by atoms with Crippen molar-refractivity contribution in [1.82, 2.24) is 14.4 Å². The van der Waals surface area contributed by atoms with Crippen molar-refractivity contribution < 1.29 is 17.7 Å². The lowest BCUT2D eigenvalue weighted by atomic mass is 10.2. The molecule has 0 bridgehead atoms. The Morgan fingerprint density at radius 1 is 1.19 bits per heavy atom. The molecule has 0 unspecified atom stereocenters. The fourth-order valence-corrected chi connectivity index (χ4v) is 3.93. The fraction of sp³-hybridized carbons (Fsp3) is 0.222. The largest absolute Gasteiger partial charge is 0.497 e. The predicted molar refractivity (Wildman–Crippen MR) is 103 cm³/mol. The van der Waals surface area contributed by atoms with Gasteiger partial charge in [0.2, 0.25) is 21.7 Å². The Balaban J connectivity index is 1.77. The number of sulfonamides is 1. The van der Waals surface area contributed by atoms with Crippen molar-refractivity contribution in [2.75, 3.05) is 20.4 Å². The summed E-state index contributed by atoms with van der Waals surface area (Å²) in [7, 11) is -0.597. The molecule has 0 aliphatic heterocycles. The van der Waals surface area contributed by atoms with Gasteiger partial charge < -0.3 is 9.26 Å². The maximum atomic E-state index is 12.7. The van der Waals surface area contributed by atoms with Gasteiger partial charge in [-0.05, 0) is 42.7 Å². The number of nitrogens with zero attached hydrogens (tertiary/aromatic N) is 3. The van der Waals surface area contributed by atoms with E-state index in [0.29, 0.717) is 11.6 Å². The molecule has 0 spiro atoms. The number of thioether (sulfide) groups is 1. The van der Waals surface area contributed by atoms with E-state index >= 15 is 0 Å². The van der Waals surface area contributed by atoms with Crippen LogP contribution in [0.5, 0.6) is 5.75 Å². The normalized spacial score (nSPS) is 11.7. The van der Waals surface area contributed by atoms with Crippen LogP contribution in [0.15, 0.2) is 62.8 Å². The van der Waals surface area contributed by atoms with E-state index in [4.69, 9.17) is 9.26 Å². The Kier molecular flexibility index (Phi) is 5.83. The molecule has 2 aromatic carbocycles. The Labute approximate surface area is 162 Å². The summed E-state index contributed by atoms with van der Waals surface area (Å²) in [5.41, 5.74) is 0.725. The van der Waals surface area contributed by atoms with Crippen LogP contribution in [0, 0.1) is 0 Å². The summed E-state index contributed by atoms with van der Waals surface area (Å²) in [6, 6.07) is 14.0. The molecule has 0 aliphatic rings. The highest BCUT2D eigenvalue weighted by Gasteiger charge is 2.23. The van der Waals surface area contributed by atoms with E-state index < -0.39 is 10.0 Å². The predicted octanol–water partition coefficient (Wildman–Crippen LogP) is 3.29. The molecule has 0 radical (unpaired) electrons. The molecule has 3 aromatic rings. The van der Waals surface area contributed by atoms with Crippen molar-refractivity contribution in [2.45, 2.75) is 16.3 Å². The molecule has 0 atom stereocenters. The first kappa shape index (κ1) is 19.4. The first-order valence-corrected chi connectivity index (χ1v) is 10.7. The SMILES string of the molecule is COc1cccc(-c2noc(CN(C)S(=O)(=O)c3ccc(SC)cc3)n2)c1. The molecule has 0 saturated carbocycles. The minimum absolute atomic E-state index is 0.0242. The van der Waals surface area contributed by atoms with Gasteiger partial charge in [-0.1, -0.05) is 17.3 Å². The average Bonchev–Trinajstić information content (AvgIpc) is 3.16. The van der Waals surface area contributed by atoms with E-state index in [9.17, 15) is 8.42 Å². The standard InChI is InChI=1S/C18H19N3O4S2/c1-21(27(22,23)16-9-7-15(26-3)8-10-16)12-17-19-18(20-25-17)13-5-4-6-14(11-13)24-2/h4-11H,12H2,1-3H3. The maximum absolute atomic E-state index is 12.7. The van der Waals surface area contributed by atoms with Gasteiger partial charge in [-0.2, -0.15) is 9.29 Å². The quantitative estimate of drug-likeness (QED) is 0.558. The van der Waals surface area contributed by atoms with E-state index in [1.54, 1.807) is 49.2 Å². The molecular formula is C18H19N3O4S2. The van der Waals surface area contributed by atoms with Gasteiger partial charge in [0.25, 0.3) is 0 Å². The van der Waals surface area contributed by atoms with Crippen molar-refractivity contribution in [3.63, 3.8) is 0 Å². The summed E-state index contributed by atoms with van der Waals surface area (Å²) in [5, 5.41) is 3.93. The second-order valence-corrected chi connectivity index (χ2v) is 8.60. The van der Waals surface area contributed by atoms with E-state index in [1.807, 2.05) is 24.5 Å². The van der Waals surface area contributed by atoms with E-state index in [0.717, 1.165) is 10.5 Å². The van der Waals surface area contributed by atoms with Crippen molar-refractivity contribution in [1.29, 1.82) is 0 Å².